The molecule has 0 bridgehead atoms. The number of imidazole rings is 1. The molecule has 4 heterocycles. The van der Waals surface area contributed by atoms with E-state index in [0.717, 1.165) is 29.4 Å². The molecule has 1 aliphatic heterocycles. The molecule has 0 spiro atoms. The van der Waals surface area contributed by atoms with Crippen LogP contribution in [0.5, 0.6) is 0 Å². The molecule has 4 rings (SSSR count). The normalized spacial score (nSPS) is 19.3. The van der Waals surface area contributed by atoms with Crippen molar-refractivity contribution in [3.05, 3.63) is 52.6 Å². The van der Waals surface area contributed by atoms with E-state index >= 15 is 0 Å². The zero-order valence-electron chi connectivity index (χ0n) is 13.0. The molecule has 1 fully saturated rings. The molecule has 3 aromatic rings. The SMILES string of the molecule is Cc1cccc(C2CCCN2Cc2c(C)nc3sccn23)n1. The summed E-state index contributed by atoms with van der Waals surface area (Å²) in [4.78, 5) is 13.1. The van der Waals surface area contributed by atoms with Gasteiger partial charge >= 0.3 is 0 Å². The van der Waals surface area contributed by atoms with Gasteiger partial charge in [0, 0.05) is 23.8 Å². The fourth-order valence-electron chi connectivity index (χ4n) is 3.42. The number of aromatic nitrogens is 3. The van der Waals surface area contributed by atoms with E-state index in [-0.39, 0.29) is 0 Å². The highest BCUT2D eigenvalue weighted by molar-refractivity contribution is 7.15. The maximum atomic E-state index is 4.75. The number of likely N-dealkylation sites (tertiary alicyclic amines) is 1. The Labute approximate surface area is 134 Å². The van der Waals surface area contributed by atoms with Gasteiger partial charge in [-0.3, -0.25) is 14.3 Å². The number of fused-ring (bicyclic) bond motifs is 1. The number of nitrogens with zero attached hydrogens (tertiary/aromatic N) is 4. The van der Waals surface area contributed by atoms with E-state index in [1.54, 1.807) is 11.3 Å². The van der Waals surface area contributed by atoms with Crippen molar-refractivity contribution in [1.29, 1.82) is 0 Å². The van der Waals surface area contributed by atoms with Crippen LogP contribution in [0.25, 0.3) is 4.96 Å². The largest absolute Gasteiger partial charge is 0.293 e. The van der Waals surface area contributed by atoms with E-state index < -0.39 is 0 Å². The summed E-state index contributed by atoms with van der Waals surface area (Å²) in [6.45, 7) is 6.27. The summed E-state index contributed by atoms with van der Waals surface area (Å²) in [7, 11) is 0. The molecule has 0 aliphatic carbocycles. The summed E-state index contributed by atoms with van der Waals surface area (Å²) in [5.74, 6) is 0. The molecular weight excluding hydrogens is 292 g/mol. The van der Waals surface area contributed by atoms with Crippen LogP contribution in [-0.4, -0.2) is 25.8 Å². The summed E-state index contributed by atoms with van der Waals surface area (Å²) in [6.07, 6.45) is 4.57. The Bertz CT molecular complexity index is 804. The van der Waals surface area contributed by atoms with Gasteiger partial charge in [0.05, 0.1) is 23.1 Å². The molecule has 0 saturated carbocycles. The van der Waals surface area contributed by atoms with E-state index in [9.17, 15) is 0 Å². The van der Waals surface area contributed by atoms with Crippen LogP contribution in [0.3, 0.4) is 0 Å². The van der Waals surface area contributed by atoms with Crippen molar-refractivity contribution in [2.75, 3.05) is 6.54 Å². The van der Waals surface area contributed by atoms with E-state index in [1.165, 1.54) is 24.2 Å². The zero-order chi connectivity index (χ0) is 15.1. The third kappa shape index (κ3) is 2.34. The smallest absolute Gasteiger partial charge is 0.194 e. The predicted octanol–water partition coefficient (Wildman–Crippen LogP) is 3.74. The third-order valence-corrected chi connectivity index (χ3v) is 5.29. The summed E-state index contributed by atoms with van der Waals surface area (Å²) in [5, 5.41) is 2.11. The van der Waals surface area contributed by atoms with Gasteiger partial charge in [-0.05, 0) is 45.4 Å². The second-order valence-corrected chi connectivity index (χ2v) is 6.90. The summed E-state index contributed by atoms with van der Waals surface area (Å²) in [5.41, 5.74) is 4.77. The number of hydrogen-bond acceptors (Lipinski definition) is 4. The lowest BCUT2D eigenvalue weighted by Crippen LogP contribution is -2.24. The molecule has 1 unspecified atom stereocenters. The van der Waals surface area contributed by atoms with Crippen molar-refractivity contribution in [1.82, 2.24) is 19.3 Å². The molecule has 4 nitrogen and oxygen atoms in total. The van der Waals surface area contributed by atoms with Gasteiger partial charge in [-0.25, -0.2) is 4.98 Å². The van der Waals surface area contributed by atoms with Crippen LogP contribution in [0, 0.1) is 13.8 Å². The minimum absolute atomic E-state index is 0.434. The molecule has 114 valence electrons. The third-order valence-electron chi connectivity index (χ3n) is 4.53. The van der Waals surface area contributed by atoms with Crippen LogP contribution in [0.15, 0.2) is 29.8 Å². The van der Waals surface area contributed by atoms with Crippen LogP contribution in [0.1, 0.15) is 41.7 Å². The molecule has 1 atom stereocenters. The van der Waals surface area contributed by atoms with Crippen molar-refractivity contribution in [3.8, 4) is 0 Å². The Morgan fingerprint density at radius 1 is 1.27 bits per heavy atom. The predicted molar refractivity (Wildman–Crippen MR) is 89.2 cm³/mol. The van der Waals surface area contributed by atoms with Gasteiger partial charge in [-0.2, -0.15) is 0 Å². The molecule has 22 heavy (non-hydrogen) atoms. The lowest BCUT2D eigenvalue weighted by Gasteiger charge is -2.24. The number of aryl methyl sites for hydroxylation is 2. The topological polar surface area (TPSA) is 33.4 Å². The minimum atomic E-state index is 0.434. The average Bonchev–Trinajstić information content (AvgIpc) is 3.18. The maximum absolute atomic E-state index is 4.75. The summed E-state index contributed by atoms with van der Waals surface area (Å²) >= 11 is 1.70. The molecule has 0 aromatic carbocycles. The highest BCUT2D eigenvalue weighted by atomic mass is 32.1. The summed E-state index contributed by atoms with van der Waals surface area (Å²) in [6, 6.07) is 6.79. The van der Waals surface area contributed by atoms with E-state index in [2.05, 4.69) is 57.9 Å². The van der Waals surface area contributed by atoms with Gasteiger partial charge in [-0.15, -0.1) is 11.3 Å². The van der Waals surface area contributed by atoms with Gasteiger partial charge in [0.2, 0.25) is 0 Å². The van der Waals surface area contributed by atoms with E-state index in [4.69, 9.17) is 4.98 Å². The van der Waals surface area contributed by atoms with Crippen molar-refractivity contribution >= 4 is 16.3 Å². The molecule has 1 aliphatic rings. The highest BCUT2D eigenvalue weighted by Gasteiger charge is 2.28. The fraction of sp³-hybridized carbons (Fsp3) is 0.412. The Balaban J connectivity index is 1.64. The summed E-state index contributed by atoms with van der Waals surface area (Å²) < 4.78 is 2.24. The van der Waals surface area contributed by atoms with Crippen molar-refractivity contribution in [2.24, 2.45) is 0 Å². The molecule has 1 saturated heterocycles. The molecule has 0 amide bonds. The highest BCUT2D eigenvalue weighted by Crippen LogP contribution is 2.33. The monoisotopic (exact) mass is 312 g/mol. The number of hydrogen-bond donors (Lipinski definition) is 0. The molecular formula is C17H20N4S. The van der Waals surface area contributed by atoms with E-state index in [0.29, 0.717) is 6.04 Å². The first-order chi connectivity index (χ1) is 10.7. The van der Waals surface area contributed by atoms with Gasteiger partial charge in [0.25, 0.3) is 0 Å². The second-order valence-electron chi connectivity index (χ2n) is 6.03. The Hall–Kier alpha value is -1.72. The first kappa shape index (κ1) is 13.9. The lowest BCUT2D eigenvalue weighted by atomic mass is 10.1. The number of pyridine rings is 1. The van der Waals surface area contributed by atoms with Gasteiger partial charge in [0.1, 0.15) is 0 Å². The zero-order valence-corrected chi connectivity index (χ0v) is 13.8. The van der Waals surface area contributed by atoms with Gasteiger partial charge in [0.15, 0.2) is 4.96 Å². The van der Waals surface area contributed by atoms with Crippen molar-refractivity contribution < 1.29 is 0 Å². The standard InChI is InChI=1S/C17H20N4S/c1-12-5-3-6-14(18-12)15-7-4-8-20(15)11-16-13(2)19-17-21(16)9-10-22-17/h3,5-6,9-10,15H,4,7-8,11H2,1-2H3. The second kappa shape index (κ2) is 5.48. The first-order valence-electron chi connectivity index (χ1n) is 7.81. The number of rotatable bonds is 3. The van der Waals surface area contributed by atoms with Crippen LogP contribution in [0.2, 0.25) is 0 Å². The maximum Gasteiger partial charge on any atom is 0.194 e. The Morgan fingerprint density at radius 2 is 2.18 bits per heavy atom. The molecule has 5 heteroatoms. The van der Waals surface area contributed by atoms with Gasteiger partial charge in [-0.1, -0.05) is 6.07 Å². The van der Waals surface area contributed by atoms with Crippen molar-refractivity contribution in [2.45, 2.75) is 39.3 Å². The van der Waals surface area contributed by atoms with Crippen molar-refractivity contribution in [3.63, 3.8) is 0 Å². The molecule has 3 aromatic heterocycles. The van der Waals surface area contributed by atoms with Gasteiger partial charge < -0.3 is 0 Å². The van der Waals surface area contributed by atoms with E-state index in [1.807, 2.05) is 0 Å². The lowest BCUT2D eigenvalue weighted by molar-refractivity contribution is 0.240. The molecule has 0 N–H and O–H groups in total. The fourth-order valence-corrected chi connectivity index (χ4v) is 4.20. The van der Waals surface area contributed by atoms with Crippen LogP contribution in [-0.2, 0) is 6.54 Å². The first-order valence-corrected chi connectivity index (χ1v) is 8.69. The minimum Gasteiger partial charge on any atom is -0.293 e. The van der Waals surface area contributed by atoms with Crippen LogP contribution in [0.4, 0.5) is 0 Å². The Morgan fingerprint density at radius 3 is 3.05 bits per heavy atom. The number of thiazole rings is 1. The average molecular weight is 312 g/mol. The quantitative estimate of drug-likeness (QED) is 0.738. The molecule has 0 radical (unpaired) electrons. The van der Waals surface area contributed by atoms with Crippen LogP contribution >= 0.6 is 11.3 Å². The van der Waals surface area contributed by atoms with Crippen LogP contribution < -0.4 is 0 Å². The Kier molecular flexibility index (Phi) is 3.47.